The van der Waals surface area contributed by atoms with Crippen molar-refractivity contribution in [1.82, 2.24) is 14.1 Å². The molecule has 0 bridgehead atoms. The largest absolute Gasteiger partial charge is 0.392 e. The molecule has 2 amide bonds. The van der Waals surface area contributed by atoms with Gasteiger partial charge in [-0.25, -0.2) is 4.98 Å². The first-order valence-electron chi connectivity index (χ1n) is 13.4. The predicted molar refractivity (Wildman–Crippen MR) is 146 cm³/mol. The summed E-state index contributed by atoms with van der Waals surface area (Å²) in [7, 11) is 1.61. The van der Waals surface area contributed by atoms with Crippen LogP contribution in [0.5, 0.6) is 0 Å². The maximum atomic E-state index is 13.7. The molecule has 5 heterocycles. The Morgan fingerprint density at radius 1 is 1.23 bits per heavy atom. The number of anilines is 2. The van der Waals surface area contributed by atoms with Gasteiger partial charge < -0.3 is 24.3 Å². The number of nitrogens with zero attached hydrogens (tertiary/aromatic N) is 4. The molecule has 6 rings (SSSR count). The summed E-state index contributed by atoms with van der Waals surface area (Å²) in [5, 5.41) is 13.2. The number of hydrogen-bond acceptors (Lipinski definition) is 6. The lowest BCUT2D eigenvalue weighted by Gasteiger charge is -2.31. The number of aliphatic hydroxyl groups is 1. The summed E-state index contributed by atoms with van der Waals surface area (Å²) in [6, 6.07) is 5.36. The van der Waals surface area contributed by atoms with E-state index < -0.39 is 6.10 Å². The van der Waals surface area contributed by atoms with Gasteiger partial charge in [0.15, 0.2) is 0 Å². The van der Waals surface area contributed by atoms with Gasteiger partial charge in [-0.05, 0) is 60.4 Å². The fourth-order valence-corrected chi connectivity index (χ4v) is 6.20. The van der Waals surface area contributed by atoms with Crippen LogP contribution in [0.3, 0.4) is 0 Å². The number of nitrogens with one attached hydrogen (secondary N) is 1. The van der Waals surface area contributed by atoms with Crippen molar-refractivity contribution >= 4 is 23.3 Å². The second-order valence-electron chi connectivity index (χ2n) is 11.5. The molecule has 3 aromatic heterocycles. The van der Waals surface area contributed by atoms with Crippen molar-refractivity contribution in [3.8, 4) is 11.1 Å². The Kier molecular flexibility index (Phi) is 6.19. The summed E-state index contributed by atoms with van der Waals surface area (Å²) in [5.74, 6) is -0.0960. The third-order valence-corrected chi connectivity index (χ3v) is 8.05. The minimum atomic E-state index is -0.574. The molecular weight excluding hydrogens is 498 g/mol. The van der Waals surface area contributed by atoms with Crippen LogP contribution in [-0.4, -0.2) is 50.3 Å². The first-order chi connectivity index (χ1) is 18.7. The standard InChI is InChI=1S/C29H33N5O5/c1-29(2)13-17-12-22-28(38)34(9-8-33(22)23(17)14-29)25-20(16-35)19(6-7-30-25)18-11-21(27(37)32(3)15-18)31-26(36)24-5-4-10-39-24/h6-7,11-12,15,24,35H,4-5,8-10,13-14,16H2,1-3H3,(H,31,36)/t24-/m1/s1. The molecular formula is C29H33N5O5. The molecule has 10 nitrogen and oxygen atoms in total. The van der Waals surface area contributed by atoms with E-state index in [1.807, 2.05) is 6.07 Å². The van der Waals surface area contributed by atoms with Crippen molar-refractivity contribution in [3.05, 3.63) is 63.5 Å². The zero-order valence-electron chi connectivity index (χ0n) is 22.5. The molecule has 39 heavy (non-hydrogen) atoms. The second-order valence-corrected chi connectivity index (χ2v) is 11.5. The zero-order chi connectivity index (χ0) is 27.5. The molecule has 0 aromatic carbocycles. The lowest BCUT2D eigenvalue weighted by molar-refractivity contribution is -0.124. The smallest absolute Gasteiger partial charge is 0.276 e. The van der Waals surface area contributed by atoms with Gasteiger partial charge in [0.05, 0.1) is 6.61 Å². The van der Waals surface area contributed by atoms with Crippen LogP contribution in [0.1, 0.15) is 54.0 Å². The summed E-state index contributed by atoms with van der Waals surface area (Å²) in [6.07, 6.45) is 5.99. The van der Waals surface area contributed by atoms with E-state index >= 15 is 0 Å². The van der Waals surface area contributed by atoms with Crippen LogP contribution in [0.15, 0.2) is 35.4 Å². The Morgan fingerprint density at radius 3 is 2.79 bits per heavy atom. The van der Waals surface area contributed by atoms with Crippen molar-refractivity contribution in [2.45, 2.75) is 58.8 Å². The van der Waals surface area contributed by atoms with Crippen LogP contribution >= 0.6 is 0 Å². The highest BCUT2D eigenvalue weighted by Crippen LogP contribution is 2.40. The highest BCUT2D eigenvalue weighted by molar-refractivity contribution is 6.06. The molecule has 1 saturated heterocycles. The van der Waals surface area contributed by atoms with Gasteiger partial charge >= 0.3 is 0 Å². The maximum absolute atomic E-state index is 13.7. The molecule has 0 saturated carbocycles. The molecule has 2 N–H and O–H groups in total. The van der Waals surface area contributed by atoms with E-state index in [1.165, 1.54) is 15.8 Å². The second kappa shape index (κ2) is 9.46. The van der Waals surface area contributed by atoms with Crippen LogP contribution < -0.4 is 15.8 Å². The number of aromatic nitrogens is 3. The molecule has 3 aromatic rings. The van der Waals surface area contributed by atoms with E-state index in [2.05, 4.69) is 28.7 Å². The van der Waals surface area contributed by atoms with Crippen molar-refractivity contribution in [2.24, 2.45) is 12.5 Å². The average molecular weight is 532 g/mol. The Hall–Kier alpha value is -3.76. The predicted octanol–water partition coefficient (Wildman–Crippen LogP) is 2.64. The van der Waals surface area contributed by atoms with E-state index in [0.29, 0.717) is 54.3 Å². The summed E-state index contributed by atoms with van der Waals surface area (Å²) in [5.41, 5.74) is 4.83. The number of aliphatic hydroxyl groups excluding tert-OH is 1. The summed E-state index contributed by atoms with van der Waals surface area (Å²) >= 11 is 0. The van der Waals surface area contributed by atoms with Gasteiger partial charge in [-0.15, -0.1) is 0 Å². The van der Waals surface area contributed by atoms with Crippen LogP contribution in [0.4, 0.5) is 11.5 Å². The molecule has 1 fully saturated rings. The van der Waals surface area contributed by atoms with Gasteiger partial charge in [0.2, 0.25) is 0 Å². The SMILES string of the molecule is Cn1cc(-c2ccnc(N3CCn4c(cc5c4CC(C)(C)C5)C3=O)c2CO)cc(NC(=O)[C@H]2CCCO2)c1=O. The zero-order valence-corrected chi connectivity index (χ0v) is 22.5. The van der Waals surface area contributed by atoms with E-state index in [9.17, 15) is 19.5 Å². The monoisotopic (exact) mass is 531 g/mol. The van der Waals surface area contributed by atoms with Crippen molar-refractivity contribution in [2.75, 3.05) is 23.4 Å². The summed E-state index contributed by atoms with van der Waals surface area (Å²) in [6.45, 7) is 5.76. The van der Waals surface area contributed by atoms with Crippen molar-refractivity contribution < 1.29 is 19.4 Å². The Bertz CT molecular complexity index is 1550. The average Bonchev–Trinajstić information content (AvgIpc) is 3.62. The van der Waals surface area contributed by atoms with Crippen LogP contribution in [0, 0.1) is 5.41 Å². The Labute approximate surface area is 226 Å². The third-order valence-electron chi connectivity index (χ3n) is 8.05. The number of hydrogen-bond donors (Lipinski definition) is 2. The topological polar surface area (TPSA) is 119 Å². The van der Waals surface area contributed by atoms with E-state index in [4.69, 9.17) is 4.74 Å². The number of amides is 2. The maximum Gasteiger partial charge on any atom is 0.276 e. The number of ether oxygens (including phenoxy) is 1. The lowest BCUT2D eigenvalue weighted by Crippen LogP contribution is -2.41. The third kappa shape index (κ3) is 4.37. The Morgan fingerprint density at radius 2 is 2.05 bits per heavy atom. The van der Waals surface area contributed by atoms with E-state index in [-0.39, 0.29) is 35.1 Å². The molecule has 3 aliphatic rings. The molecule has 1 aliphatic carbocycles. The highest BCUT2D eigenvalue weighted by Gasteiger charge is 2.37. The summed E-state index contributed by atoms with van der Waals surface area (Å²) < 4.78 is 8.99. The first-order valence-corrected chi connectivity index (χ1v) is 13.4. The normalized spacial score (nSPS) is 19.7. The van der Waals surface area contributed by atoms with Crippen molar-refractivity contribution in [1.29, 1.82) is 0 Å². The number of carbonyl (C=O) groups excluding carboxylic acids is 2. The van der Waals surface area contributed by atoms with Crippen molar-refractivity contribution in [3.63, 3.8) is 0 Å². The minimum absolute atomic E-state index is 0.127. The molecule has 204 valence electrons. The number of rotatable bonds is 5. The fraction of sp³-hybridized carbons (Fsp3) is 0.448. The number of aryl methyl sites for hydroxylation is 1. The number of fused-ring (bicyclic) bond motifs is 3. The van der Waals surface area contributed by atoms with E-state index in [0.717, 1.165) is 19.3 Å². The quantitative estimate of drug-likeness (QED) is 0.523. The molecule has 1 atom stereocenters. The molecule has 10 heteroatoms. The van der Waals surface area contributed by atoms with Crippen LogP contribution in [-0.2, 0) is 42.6 Å². The fourth-order valence-electron chi connectivity index (χ4n) is 6.20. The summed E-state index contributed by atoms with van der Waals surface area (Å²) in [4.78, 5) is 45.3. The minimum Gasteiger partial charge on any atom is -0.392 e. The van der Waals surface area contributed by atoms with Gasteiger partial charge in [-0.3, -0.25) is 19.3 Å². The first kappa shape index (κ1) is 25.5. The van der Waals surface area contributed by atoms with Crippen LogP contribution in [0.2, 0.25) is 0 Å². The van der Waals surface area contributed by atoms with E-state index in [1.54, 1.807) is 36.5 Å². The van der Waals surface area contributed by atoms with Gasteiger partial charge in [0, 0.05) is 56.0 Å². The molecule has 0 radical (unpaired) electrons. The Balaban J connectivity index is 1.35. The number of pyridine rings is 2. The van der Waals surface area contributed by atoms with Crippen LogP contribution in [0.25, 0.3) is 11.1 Å². The van der Waals surface area contributed by atoms with Gasteiger partial charge in [-0.1, -0.05) is 13.8 Å². The lowest BCUT2D eigenvalue weighted by atomic mass is 9.90. The number of carbonyl (C=O) groups is 2. The molecule has 2 aliphatic heterocycles. The molecule has 0 unspecified atom stereocenters. The van der Waals surface area contributed by atoms with Gasteiger partial charge in [0.1, 0.15) is 23.3 Å². The van der Waals surface area contributed by atoms with Gasteiger partial charge in [-0.2, -0.15) is 0 Å². The van der Waals surface area contributed by atoms with Gasteiger partial charge in [0.25, 0.3) is 17.4 Å². The molecule has 0 spiro atoms. The highest BCUT2D eigenvalue weighted by atomic mass is 16.5.